The zero-order chi connectivity index (χ0) is 42.1. The molecule has 0 unspecified atom stereocenters. The summed E-state index contributed by atoms with van der Waals surface area (Å²) in [5.41, 5.74) is 23.1. The molecule has 3 aliphatic rings. The number of fused-ring (bicyclic) bond motifs is 12. The van der Waals surface area contributed by atoms with Crippen LogP contribution >= 0.6 is 0 Å². The highest BCUT2D eigenvalue weighted by Crippen LogP contribution is 2.41. The standard InChI is InChI=1S/C58H37N5O/c1-4-12-35(13-5-1)54-44-23-25-46(59-44)55(36-14-6-2-7-15-36)48-27-29-50(61-48)57(51-30-28-49(62-51)56(37-16-8-3-9-17-37)47-26-24-45(54)60-47)39-21-31-53-52(34-39)63-58(64-53)40-20-22-43-41(33-40)32-38-18-10-11-19-42(38)43/h1-31,33-34,59,62H,32H2. The fraction of sp³-hybridized carbons (Fsp3) is 0.0172. The molecule has 8 bridgehead atoms. The Hall–Kier alpha value is -8.61. The van der Waals surface area contributed by atoms with E-state index in [4.69, 9.17) is 19.4 Å². The topological polar surface area (TPSA) is 83.4 Å². The summed E-state index contributed by atoms with van der Waals surface area (Å²) in [6.45, 7) is 0. The third-order valence-electron chi connectivity index (χ3n) is 12.7. The molecule has 0 radical (unpaired) electrons. The van der Waals surface area contributed by atoms with Gasteiger partial charge in [0.05, 0.1) is 22.8 Å². The van der Waals surface area contributed by atoms with Crippen molar-refractivity contribution >= 4 is 57.5 Å². The molecule has 0 atom stereocenters. The van der Waals surface area contributed by atoms with Crippen LogP contribution in [0.15, 0.2) is 180 Å². The predicted octanol–water partition coefficient (Wildman–Crippen LogP) is 14.7. The van der Waals surface area contributed by atoms with E-state index in [2.05, 4.69) is 192 Å². The van der Waals surface area contributed by atoms with Crippen molar-refractivity contribution in [1.29, 1.82) is 0 Å². The summed E-state index contributed by atoms with van der Waals surface area (Å²) in [4.78, 5) is 23.7. The summed E-state index contributed by atoms with van der Waals surface area (Å²) >= 11 is 0. The second kappa shape index (κ2) is 14.5. The lowest BCUT2D eigenvalue weighted by Crippen LogP contribution is -1.89. The van der Waals surface area contributed by atoms with Gasteiger partial charge in [0.25, 0.3) is 0 Å². The molecule has 6 heteroatoms. The van der Waals surface area contributed by atoms with Gasteiger partial charge in [-0.1, -0.05) is 127 Å². The maximum atomic E-state index is 6.48. The van der Waals surface area contributed by atoms with E-state index in [9.17, 15) is 0 Å². The van der Waals surface area contributed by atoms with Gasteiger partial charge in [0, 0.05) is 49.9 Å². The van der Waals surface area contributed by atoms with Crippen molar-refractivity contribution in [3.05, 3.63) is 210 Å². The molecule has 0 saturated carbocycles. The van der Waals surface area contributed by atoms with E-state index < -0.39 is 0 Å². The molecular weight excluding hydrogens is 783 g/mol. The van der Waals surface area contributed by atoms with Gasteiger partial charge in [0.15, 0.2) is 5.58 Å². The third kappa shape index (κ3) is 5.99. The fourth-order valence-corrected chi connectivity index (χ4v) is 9.72. The first-order valence-corrected chi connectivity index (χ1v) is 21.6. The molecule has 13 rings (SSSR count). The molecule has 0 amide bonds. The van der Waals surface area contributed by atoms with Crippen molar-refractivity contribution in [2.24, 2.45) is 0 Å². The van der Waals surface area contributed by atoms with Crippen LogP contribution in [0.4, 0.5) is 0 Å². The summed E-state index contributed by atoms with van der Waals surface area (Å²) in [6, 6.07) is 61.6. The average Bonchev–Trinajstić information content (AvgIpc) is 4.22. The first kappa shape index (κ1) is 36.1. The van der Waals surface area contributed by atoms with Crippen molar-refractivity contribution in [2.45, 2.75) is 6.42 Å². The molecule has 6 heterocycles. The number of aromatic amines is 2. The largest absolute Gasteiger partial charge is 0.436 e. The van der Waals surface area contributed by atoms with Crippen LogP contribution < -0.4 is 0 Å². The molecule has 2 N–H and O–H groups in total. The second-order valence-corrected chi connectivity index (χ2v) is 16.5. The summed E-state index contributed by atoms with van der Waals surface area (Å²) < 4.78 is 6.48. The lowest BCUT2D eigenvalue weighted by molar-refractivity contribution is 0.620. The van der Waals surface area contributed by atoms with Crippen LogP contribution in [0.1, 0.15) is 33.9 Å². The summed E-state index contributed by atoms with van der Waals surface area (Å²) in [7, 11) is 0. The number of aromatic nitrogens is 5. The first-order valence-electron chi connectivity index (χ1n) is 21.6. The highest BCUT2D eigenvalue weighted by molar-refractivity contribution is 6.00. The molecule has 64 heavy (non-hydrogen) atoms. The monoisotopic (exact) mass is 819 g/mol. The molecular formula is C58H37N5O. The maximum absolute atomic E-state index is 6.48. The molecule has 0 fully saturated rings. The highest BCUT2D eigenvalue weighted by Gasteiger charge is 2.22. The molecule has 1 aliphatic carbocycles. The molecule has 6 aromatic carbocycles. The van der Waals surface area contributed by atoms with Crippen LogP contribution in [0, 0.1) is 0 Å². The zero-order valence-electron chi connectivity index (χ0n) is 34.5. The quantitative estimate of drug-likeness (QED) is 0.181. The van der Waals surface area contributed by atoms with Gasteiger partial charge in [0.1, 0.15) is 5.52 Å². The number of nitrogens with one attached hydrogen (secondary N) is 2. The van der Waals surface area contributed by atoms with E-state index in [-0.39, 0.29) is 0 Å². The molecule has 0 spiro atoms. The van der Waals surface area contributed by atoms with Gasteiger partial charge < -0.3 is 14.4 Å². The Labute approximate surface area is 368 Å². The molecule has 10 aromatic rings. The predicted molar refractivity (Wildman–Crippen MR) is 262 cm³/mol. The van der Waals surface area contributed by atoms with Gasteiger partial charge in [-0.25, -0.2) is 15.0 Å². The lowest BCUT2D eigenvalue weighted by Gasteiger charge is -2.07. The van der Waals surface area contributed by atoms with E-state index in [1.807, 2.05) is 18.2 Å². The van der Waals surface area contributed by atoms with Crippen molar-refractivity contribution < 1.29 is 4.42 Å². The minimum Gasteiger partial charge on any atom is -0.436 e. The Bertz CT molecular complexity index is 3700. The minimum absolute atomic E-state index is 0.605. The summed E-state index contributed by atoms with van der Waals surface area (Å²) in [5.74, 6) is 0.605. The summed E-state index contributed by atoms with van der Waals surface area (Å²) in [5, 5.41) is 0. The number of rotatable bonds is 5. The van der Waals surface area contributed by atoms with Crippen LogP contribution in [-0.2, 0) is 6.42 Å². The van der Waals surface area contributed by atoms with Crippen molar-refractivity contribution in [2.75, 3.05) is 0 Å². The van der Waals surface area contributed by atoms with Crippen molar-refractivity contribution in [3.63, 3.8) is 0 Å². The van der Waals surface area contributed by atoms with Gasteiger partial charge in [-0.15, -0.1) is 0 Å². The van der Waals surface area contributed by atoms with E-state index in [0.29, 0.717) is 5.89 Å². The number of nitrogens with zero attached hydrogens (tertiary/aromatic N) is 3. The van der Waals surface area contributed by atoms with E-state index in [1.165, 1.54) is 22.3 Å². The average molecular weight is 820 g/mol. The van der Waals surface area contributed by atoms with E-state index in [0.717, 1.165) is 112 Å². The Morgan fingerprint density at radius 3 is 1.34 bits per heavy atom. The number of hydrogen-bond acceptors (Lipinski definition) is 4. The van der Waals surface area contributed by atoms with Crippen LogP contribution in [0.3, 0.4) is 0 Å². The molecule has 6 nitrogen and oxygen atoms in total. The summed E-state index contributed by atoms with van der Waals surface area (Å²) in [6.07, 6.45) is 9.44. The van der Waals surface area contributed by atoms with Gasteiger partial charge in [0.2, 0.25) is 5.89 Å². The van der Waals surface area contributed by atoms with Crippen molar-refractivity contribution in [3.8, 4) is 67.1 Å². The van der Waals surface area contributed by atoms with Crippen LogP contribution in [0.25, 0.3) is 125 Å². The van der Waals surface area contributed by atoms with Gasteiger partial charge in [-0.05, 0) is 124 Å². The van der Waals surface area contributed by atoms with E-state index >= 15 is 0 Å². The Morgan fingerprint density at radius 1 is 0.359 bits per heavy atom. The van der Waals surface area contributed by atoms with Gasteiger partial charge in [-0.3, -0.25) is 0 Å². The molecule has 300 valence electrons. The lowest BCUT2D eigenvalue weighted by atomic mass is 10.0. The Balaban J connectivity index is 1.07. The molecule has 0 saturated heterocycles. The van der Waals surface area contributed by atoms with Gasteiger partial charge in [-0.2, -0.15) is 0 Å². The van der Waals surface area contributed by atoms with E-state index in [1.54, 1.807) is 0 Å². The SMILES string of the molecule is C1=Cc2nc1c(-c1ccccc1)c1ccc([nH]1)c(-c1ccccc1)c1nc(c(-c3ccc4oc(-c5ccc6c(c5)Cc5ccccc5-6)nc4c3)c3ccc([nH]3)c2-c2ccccc2)C=C1. The van der Waals surface area contributed by atoms with Gasteiger partial charge >= 0.3 is 0 Å². The first-order chi connectivity index (χ1) is 31.7. The van der Waals surface area contributed by atoms with Crippen LogP contribution in [0.5, 0.6) is 0 Å². The second-order valence-electron chi connectivity index (χ2n) is 16.5. The Kier molecular flexibility index (Phi) is 8.18. The maximum Gasteiger partial charge on any atom is 0.227 e. The number of benzene rings is 6. The molecule has 2 aliphatic heterocycles. The highest BCUT2D eigenvalue weighted by atomic mass is 16.3. The zero-order valence-corrected chi connectivity index (χ0v) is 34.5. The fourth-order valence-electron chi connectivity index (χ4n) is 9.72. The smallest absolute Gasteiger partial charge is 0.227 e. The Morgan fingerprint density at radius 2 is 0.812 bits per heavy atom. The van der Waals surface area contributed by atoms with Crippen molar-refractivity contribution in [1.82, 2.24) is 24.9 Å². The number of H-pyrrole nitrogens is 2. The number of hydrogen-bond donors (Lipinski definition) is 2. The number of oxazole rings is 1. The van der Waals surface area contributed by atoms with Crippen LogP contribution in [0.2, 0.25) is 0 Å². The minimum atomic E-state index is 0.605. The third-order valence-corrected chi connectivity index (χ3v) is 12.7. The molecule has 4 aromatic heterocycles. The van der Waals surface area contributed by atoms with Crippen LogP contribution in [-0.4, -0.2) is 24.9 Å². The normalized spacial score (nSPS) is 12.5.